The Bertz CT molecular complexity index is 991. The van der Waals surface area contributed by atoms with Crippen LogP contribution in [0.2, 0.25) is 0 Å². The molecule has 0 radical (unpaired) electrons. The quantitative estimate of drug-likeness (QED) is 0.501. The number of rotatable bonds is 4. The summed E-state index contributed by atoms with van der Waals surface area (Å²) in [6.45, 7) is 4.08. The molecule has 11 heteroatoms. The number of nitrogens with one attached hydrogen (secondary N) is 3. The van der Waals surface area contributed by atoms with Crippen LogP contribution in [0.1, 0.15) is 29.5 Å². The maximum atomic E-state index is 13.0. The van der Waals surface area contributed by atoms with Gasteiger partial charge >= 0.3 is 18.2 Å². The van der Waals surface area contributed by atoms with E-state index >= 15 is 0 Å². The topological polar surface area (TPSA) is 93.7 Å². The molecule has 1 fully saturated rings. The summed E-state index contributed by atoms with van der Waals surface area (Å²) in [6.07, 6.45) is -3.31. The van der Waals surface area contributed by atoms with Crippen LogP contribution in [0.3, 0.4) is 0 Å². The highest BCUT2D eigenvalue weighted by atomic mass is 19.4. The molecular formula is C23H26F4N4O3. The molecular weight excluding hydrogens is 456 g/mol. The van der Waals surface area contributed by atoms with Crippen LogP contribution in [0.15, 0.2) is 42.5 Å². The van der Waals surface area contributed by atoms with Gasteiger partial charge in [-0.1, -0.05) is 18.2 Å². The van der Waals surface area contributed by atoms with Gasteiger partial charge in [0, 0.05) is 44.5 Å². The molecule has 2 aromatic carbocycles. The molecule has 2 aliphatic heterocycles. The lowest BCUT2D eigenvalue weighted by Crippen LogP contribution is -2.47. The number of benzene rings is 2. The summed E-state index contributed by atoms with van der Waals surface area (Å²) in [5.74, 6) is -2.97. The van der Waals surface area contributed by atoms with Crippen LogP contribution < -0.4 is 20.9 Å². The van der Waals surface area contributed by atoms with Crippen molar-refractivity contribution >= 4 is 17.7 Å². The van der Waals surface area contributed by atoms with Gasteiger partial charge in [0.25, 0.3) is 0 Å². The van der Waals surface area contributed by atoms with E-state index in [1.807, 2.05) is 12.1 Å². The Morgan fingerprint density at radius 1 is 1.03 bits per heavy atom. The number of carboxylic acids is 1. The van der Waals surface area contributed by atoms with Gasteiger partial charge < -0.3 is 26.0 Å². The molecule has 2 aromatic rings. The minimum absolute atomic E-state index is 0.117. The number of piperidine rings is 1. The van der Waals surface area contributed by atoms with E-state index in [-0.39, 0.29) is 17.9 Å². The Hall–Kier alpha value is -3.34. The molecule has 2 amide bonds. The normalized spacial score (nSPS) is 15.7. The standard InChI is InChI=1S/C21H25FN4O.C2HF3O2/c22-18-3-5-20(6-4-18)26-9-7-19(8-10-26)25-21(27)24-12-15-1-2-16-13-23-14-17(16)11-15;3-2(4,5)1(6)7/h1-6,11,19,23H,7-10,12-14H2,(H2,24,25,27);(H,6,7). The number of carbonyl (C=O) groups excluding carboxylic acids is 1. The fourth-order valence-corrected chi connectivity index (χ4v) is 3.81. The smallest absolute Gasteiger partial charge is 0.475 e. The lowest BCUT2D eigenvalue weighted by molar-refractivity contribution is -0.192. The predicted octanol–water partition coefficient (Wildman–Crippen LogP) is 3.53. The molecule has 0 atom stereocenters. The first-order valence-electron chi connectivity index (χ1n) is 10.8. The number of anilines is 1. The number of carboxylic acid groups (broad SMARTS) is 1. The summed E-state index contributed by atoms with van der Waals surface area (Å²) in [7, 11) is 0. The fraction of sp³-hybridized carbons (Fsp3) is 0.391. The first-order chi connectivity index (χ1) is 16.1. The second kappa shape index (κ2) is 11.2. The maximum Gasteiger partial charge on any atom is 0.490 e. The summed E-state index contributed by atoms with van der Waals surface area (Å²) in [5, 5.41) is 16.5. The van der Waals surface area contributed by atoms with E-state index in [2.05, 4.69) is 39.0 Å². The van der Waals surface area contributed by atoms with Crippen LogP contribution in [0.25, 0.3) is 0 Å². The largest absolute Gasteiger partial charge is 0.490 e. The maximum absolute atomic E-state index is 13.0. The zero-order valence-electron chi connectivity index (χ0n) is 18.3. The van der Waals surface area contributed by atoms with E-state index in [0.717, 1.165) is 50.3 Å². The average molecular weight is 482 g/mol. The Kier molecular flexibility index (Phi) is 8.32. The minimum Gasteiger partial charge on any atom is -0.475 e. The lowest BCUT2D eigenvalue weighted by atomic mass is 10.0. The fourth-order valence-electron chi connectivity index (χ4n) is 3.81. The van der Waals surface area contributed by atoms with Crippen molar-refractivity contribution in [3.63, 3.8) is 0 Å². The highest BCUT2D eigenvalue weighted by molar-refractivity contribution is 5.74. The van der Waals surface area contributed by atoms with Gasteiger partial charge in [-0.15, -0.1) is 0 Å². The second-order valence-electron chi connectivity index (χ2n) is 8.07. The van der Waals surface area contributed by atoms with Crippen LogP contribution in [-0.4, -0.2) is 42.4 Å². The molecule has 0 spiro atoms. The molecule has 0 saturated carbocycles. The van der Waals surface area contributed by atoms with Gasteiger partial charge in [-0.3, -0.25) is 0 Å². The monoisotopic (exact) mass is 482 g/mol. The average Bonchev–Trinajstić information content (AvgIpc) is 3.27. The van der Waals surface area contributed by atoms with Crippen LogP contribution in [0.5, 0.6) is 0 Å². The molecule has 184 valence electrons. The molecule has 0 unspecified atom stereocenters. The molecule has 0 aliphatic carbocycles. The Morgan fingerprint density at radius 2 is 1.65 bits per heavy atom. The third-order valence-electron chi connectivity index (χ3n) is 5.62. The molecule has 1 saturated heterocycles. The van der Waals surface area contributed by atoms with Gasteiger partial charge in [0.05, 0.1) is 0 Å². The first kappa shape index (κ1) is 25.3. The molecule has 2 heterocycles. The summed E-state index contributed by atoms with van der Waals surface area (Å²) in [5.41, 5.74) is 4.82. The number of carbonyl (C=O) groups is 2. The SMILES string of the molecule is O=C(NCc1ccc2c(c1)CNC2)NC1CCN(c2ccc(F)cc2)CC1.O=C(O)C(F)(F)F. The van der Waals surface area contributed by atoms with Crippen LogP contribution >= 0.6 is 0 Å². The van der Waals surface area contributed by atoms with Crippen LogP contribution in [0, 0.1) is 5.82 Å². The number of halogens is 4. The van der Waals surface area contributed by atoms with Crippen molar-refractivity contribution in [3.05, 3.63) is 65.0 Å². The molecule has 2 aliphatic rings. The van der Waals surface area contributed by atoms with Gasteiger partial charge in [0.1, 0.15) is 5.82 Å². The molecule has 34 heavy (non-hydrogen) atoms. The molecule has 7 nitrogen and oxygen atoms in total. The van der Waals surface area contributed by atoms with Gasteiger partial charge in [0.2, 0.25) is 0 Å². The Morgan fingerprint density at radius 3 is 2.26 bits per heavy atom. The number of aliphatic carboxylic acids is 1. The van der Waals surface area contributed by atoms with E-state index < -0.39 is 12.1 Å². The highest BCUT2D eigenvalue weighted by Crippen LogP contribution is 2.20. The Balaban J connectivity index is 0.000000406. The number of amides is 2. The lowest BCUT2D eigenvalue weighted by Gasteiger charge is -2.34. The van der Waals surface area contributed by atoms with Gasteiger partial charge in [-0.05, 0) is 53.8 Å². The molecule has 4 rings (SSSR count). The van der Waals surface area contributed by atoms with Crippen LogP contribution in [0.4, 0.5) is 28.0 Å². The zero-order valence-corrected chi connectivity index (χ0v) is 18.3. The highest BCUT2D eigenvalue weighted by Gasteiger charge is 2.38. The summed E-state index contributed by atoms with van der Waals surface area (Å²) in [6, 6.07) is 13.0. The summed E-state index contributed by atoms with van der Waals surface area (Å²) in [4.78, 5) is 23.3. The van der Waals surface area contributed by atoms with Crippen molar-refractivity contribution in [1.82, 2.24) is 16.0 Å². The van der Waals surface area contributed by atoms with Crippen molar-refractivity contribution in [1.29, 1.82) is 0 Å². The number of hydrogen-bond acceptors (Lipinski definition) is 4. The van der Waals surface area contributed by atoms with Crippen molar-refractivity contribution in [3.8, 4) is 0 Å². The summed E-state index contributed by atoms with van der Waals surface area (Å²) < 4.78 is 44.8. The number of hydrogen-bond donors (Lipinski definition) is 4. The number of alkyl halides is 3. The first-order valence-corrected chi connectivity index (χ1v) is 10.8. The van der Waals surface area contributed by atoms with Crippen molar-refractivity contribution < 1.29 is 32.3 Å². The van der Waals surface area contributed by atoms with E-state index in [9.17, 15) is 22.4 Å². The van der Waals surface area contributed by atoms with E-state index in [1.165, 1.54) is 23.3 Å². The van der Waals surface area contributed by atoms with E-state index in [1.54, 1.807) is 0 Å². The van der Waals surface area contributed by atoms with Gasteiger partial charge in [-0.25, -0.2) is 14.0 Å². The van der Waals surface area contributed by atoms with Crippen molar-refractivity contribution in [2.75, 3.05) is 18.0 Å². The van der Waals surface area contributed by atoms with E-state index in [0.29, 0.717) is 6.54 Å². The van der Waals surface area contributed by atoms with Gasteiger partial charge in [0.15, 0.2) is 0 Å². The third kappa shape index (κ3) is 7.34. The molecule has 0 bridgehead atoms. The number of fused-ring (bicyclic) bond motifs is 1. The molecule has 0 aromatic heterocycles. The number of nitrogens with zero attached hydrogens (tertiary/aromatic N) is 1. The predicted molar refractivity (Wildman–Crippen MR) is 118 cm³/mol. The Labute approximate surface area is 194 Å². The zero-order chi connectivity index (χ0) is 24.7. The van der Waals surface area contributed by atoms with Crippen LogP contribution in [-0.2, 0) is 24.4 Å². The second-order valence-corrected chi connectivity index (χ2v) is 8.07. The summed E-state index contributed by atoms with van der Waals surface area (Å²) >= 11 is 0. The van der Waals surface area contributed by atoms with Crippen molar-refractivity contribution in [2.45, 2.75) is 44.7 Å². The van der Waals surface area contributed by atoms with E-state index in [4.69, 9.17) is 9.90 Å². The number of urea groups is 1. The minimum atomic E-state index is -5.08. The molecule has 4 N–H and O–H groups in total. The van der Waals surface area contributed by atoms with Gasteiger partial charge in [-0.2, -0.15) is 13.2 Å². The van der Waals surface area contributed by atoms with Crippen molar-refractivity contribution in [2.24, 2.45) is 0 Å². The third-order valence-corrected chi connectivity index (χ3v) is 5.62.